The van der Waals surface area contributed by atoms with Gasteiger partial charge in [0.15, 0.2) is 6.29 Å². The van der Waals surface area contributed by atoms with Crippen molar-refractivity contribution in [3.63, 3.8) is 0 Å². The van der Waals surface area contributed by atoms with E-state index in [1.807, 2.05) is 0 Å². The molecule has 14 nitrogen and oxygen atoms in total. The smallest absolute Gasteiger partial charge is 0.229 e. The van der Waals surface area contributed by atoms with Crippen LogP contribution in [0, 0.1) is 0 Å². The zero-order chi connectivity index (χ0) is 28.6. The number of hydrogen-bond acceptors (Lipinski definition) is 14. The summed E-state index contributed by atoms with van der Waals surface area (Å²) < 4.78 is 21.9. The Labute approximate surface area is 221 Å². The van der Waals surface area contributed by atoms with Crippen LogP contribution in [0.2, 0.25) is 0 Å². The number of phenolic OH excluding ortho intramolecular Hbond substituents is 3. The molecule has 214 valence electrons. The van der Waals surface area contributed by atoms with E-state index in [9.17, 15) is 50.8 Å². The van der Waals surface area contributed by atoms with Gasteiger partial charge in [0, 0.05) is 17.7 Å². The third kappa shape index (κ3) is 5.79. The molecule has 14 heteroatoms. The monoisotopic (exact) mass is 554 g/mol. The highest BCUT2D eigenvalue weighted by Crippen LogP contribution is 2.36. The number of phenols is 3. The fourth-order valence-electron chi connectivity index (χ4n) is 4.40. The second-order valence-electron chi connectivity index (χ2n) is 9.32. The highest BCUT2D eigenvalue weighted by molar-refractivity contribution is 6.12. The van der Waals surface area contributed by atoms with Gasteiger partial charge < -0.3 is 64.9 Å². The molecule has 0 amide bonds. The van der Waals surface area contributed by atoms with Crippen molar-refractivity contribution < 1.29 is 69.7 Å². The molecule has 0 spiro atoms. The van der Waals surface area contributed by atoms with Gasteiger partial charge >= 0.3 is 0 Å². The van der Waals surface area contributed by atoms with Crippen LogP contribution in [0.25, 0.3) is 0 Å². The van der Waals surface area contributed by atoms with Crippen LogP contribution in [-0.2, 0) is 14.2 Å². The standard InChI is InChI=1S/C25H30O14/c1-9-23(39-25-21(34)19(32)18(31)15(8-26)38-25)20(33)22(35)24(36-9)37-12-6-13(28)16(14(29)7-12)17(30)10-2-4-11(27)5-3-10/h2-7,9,15,18-29,31-35H,8H2,1H3/t9-,15+,18+,19-,20-,21-,22+,23-,24-,25+/m0/s1. The normalized spacial score (nSPS) is 34.9. The molecule has 2 saturated heterocycles. The molecular formula is C25H30O14. The molecule has 9 N–H and O–H groups in total. The van der Waals surface area contributed by atoms with E-state index >= 15 is 0 Å². The third-order valence-corrected chi connectivity index (χ3v) is 6.60. The molecule has 0 aromatic heterocycles. The summed E-state index contributed by atoms with van der Waals surface area (Å²) in [6, 6.07) is 7.13. The number of carbonyl (C=O) groups is 1. The third-order valence-electron chi connectivity index (χ3n) is 6.60. The van der Waals surface area contributed by atoms with Crippen LogP contribution >= 0.6 is 0 Å². The van der Waals surface area contributed by atoms with E-state index in [0.29, 0.717) is 0 Å². The fraction of sp³-hybridized carbons (Fsp3) is 0.480. The van der Waals surface area contributed by atoms with Crippen molar-refractivity contribution in [3.8, 4) is 23.0 Å². The fourth-order valence-corrected chi connectivity index (χ4v) is 4.40. The maximum Gasteiger partial charge on any atom is 0.229 e. The molecule has 10 atom stereocenters. The zero-order valence-corrected chi connectivity index (χ0v) is 20.5. The van der Waals surface area contributed by atoms with E-state index in [4.69, 9.17) is 18.9 Å². The van der Waals surface area contributed by atoms with Crippen LogP contribution in [0.5, 0.6) is 23.0 Å². The van der Waals surface area contributed by atoms with Crippen molar-refractivity contribution in [2.24, 2.45) is 0 Å². The summed E-state index contributed by atoms with van der Waals surface area (Å²) in [5.74, 6) is -2.32. The minimum absolute atomic E-state index is 0.0768. The first-order valence-corrected chi connectivity index (χ1v) is 12.0. The van der Waals surface area contributed by atoms with Crippen molar-refractivity contribution in [2.75, 3.05) is 6.61 Å². The van der Waals surface area contributed by atoms with Crippen LogP contribution in [0.4, 0.5) is 0 Å². The Morgan fingerprint density at radius 1 is 0.821 bits per heavy atom. The molecule has 0 unspecified atom stereocenters. The van der Waals surface area contributed by atoms with Crippen molar-refractivity contribution in [3.05, 3.63) is 47.5 Å². The number of benzene rings is 2. The first-order chi connectivity index (χ1) is 18.4. The van der Waals surface area contributed by atoms with Gasteiger partial charge in [0.2, 0.25) is 12.1 Å². The molecule has 2 heterocycles. The Balaban J connectivity index is 1.45. The lowest BCUT2D eigenvalue weighted by molar-refractivity contribution is -0.348. The molecule has 0 aliphatic carbocycles. The summed E-state index contributed by atoms with van der Waals surface area (Å²) in [6.45, 7) is 0.746. The minimum atomic E-state index is -1.77. The van der Waals surface area contributed by atoms with E-state index in [1.165, 1.54) is 31.2 Å². The van der Waals surface area contributed by atoms with Gasteiger partial charge in [-0.15, -0.1) is 0 Å². The summed E-state index contributed by atoms with van der Waals surface area (Å²) in [7, 11) is 0. The number of ether oxygens (including phenoxy) is 4. The van der Waals surface area contributed by atoms with Crippen LogP contribution < -0.4 is 4.74 Å². The quantitative estimate of drug-likeness (QED) is 0.169. The average Bonchev–Trinajstić information content (AvgIpc) is 2.89. The van der Waals surface area contributed by atoms with E-state index in [0.717, 1.165) is 12.1 Å². The minimum Gasteiger partial charge on any atom is -0.508 e. The Hall–Kier alpha value is -3.05. The van der Waals surface area contributed by atoms with Crippen LogP contribution in [0.1, 0.15) is 22.8 Å². The van der Waals surface area contributed by atoms with Crippen molar-refractivity contribution in [1.82, 2.24) is 0 Å². The van der Waals surface area contributed by atoms with Gasteiger partial charge in [-0.05, 0) is 31.2 Å². The van der Waals surface area contributed by atoms with Gasteiger partial charge in [0.1, 0.15) is 71.3 Å². The lowest BCUT2D eigenvalue weighted by Gasteiger charge is -2.45. The van der Waals surface area contributed by atoms with Gasteiger partial charge in [-0.25, -0.2) is 0 Å². The Kier molecular flexibility index (Phi) is 8.60. The summed E-state index contributed by atoms with van der Waals surface area (Å²) >= 11 is 0. The van der Waals surface area contributed by atoms with Crippen molar-refractivity contribution >= 4 is 5.78 Å². The number of rotatable bonds is 7. The summed E-state index contributed by atoms with van der Waals surface area (Å²) in [5, 5.41) is 90.9. The van der Waals surface area contributed by atoms with Crippen LogP contribution in [0.3, 0.4) is 0 Å². The largest absolute Gasteiger partial charge is 0.508 e. The number of ketones is 1. The molecule has 0 radical (unpaired) electrons. The van der Waals surface area contributed by atoms with Gasteiger partial charge in [-0.3, -0.25) is 4.79 Å². The lowest BCUT2D eigenvalue weighted by atomic mass is 9.97. The summed E-state index contributed by atoms with van der Waals surface area (Å²) in [4.78, 5) is 12.7. The molecule has 2 aliphatic heterocycles. The predicted molar refractivity (Wildman–Crippen MR) is 127 cm³/mol. The van der Waals surface area contributed by atoms with Crippen molar-refractivity contribution in [1.29, 1.82) is 0 Å². The van der Waals surface area contributed by atoms with E-state index in [-0.39, 0.29) is 17.1 Å². The van der Waals surface area contributed by atoms with Gasteiger partial charge in [-0.1, -0.05) is 0 Å². The Bertz CT molecular complexity index is 1130. The van der Waals surface area contributed by atoms with E-state index < -0.39 is 90.9 Å². The van der Waals surface area contributed by atoms with Gasteiger partial charge in [0.05, 0.1) is 12.7 Å². The molecule has 0 saturated carbocycles. The van der Waals surface area contributed by atoms with E-state index in [1.54, 1.807) is 0 Å². The number of carbonyl (C=O) groups excluding carboxylic acids is 1. The summed E-state index contributed by atoms with van der Waals surface area (Å²) in [6.07, 6.45) is -15.3. The molecular weight excluding hydrogens is 524 g/mol. The molecule has 0 bridgehead atoms. The van der Waals surface area contributed by atoms with Crippen LogP contribution in [-0.4, -0.2) is 120 Å². The van der Waals surface area contributed by atoms with Crippen molar-refractivity contribution in [2.45, 2.75) is 68.3 Å². The SMILES string of the molecule is C[C@@H]1O[C@@H](Oc2cc(O)c(C(=O)c3ccc(O)cc3)c(O)c2)[C@H](O)[C@H](O)[C@H]1O[C@H]1O[C@H](CO)[C@@H](O)[C@H](O)[C@@H]1O. The highest BCUT2D eigenvalue weighted by atomic mass is 16.7. The predicted octanol–water partition coefficient (Wildman–Crippen LogP) is -1.94. The second kappa shape index (κ2) is 11.6. The Morgan fingerprint density at radius 2 is 1.41 bits per heavy atom. The maximum atomic E-state index is 12.7. The first-order valence-electron chi connectivity index (χ1n) is 12.0. The topological polar surface area (TPSA) is 236 Å². The lowest BCUT2D eigenvalue weighted by Crippen LogP contribution is -2.64. The summed E-state index contributed by atoms with van der Waals surface area (Å²) in [5.41, 5.74) is -0.347. The molecule has 2 aromatic carbocycles. The zero-order valence-electron chi connectivity index (χ0n) is 20.5. The number of hydrogen-bond donors (Lipinski definition) is 9. The molecule has 2 fully saturated rings. The second-order valence-corrected chi connectivity index (χ2v) is 9.32. The van der Waals surface area contributed by atoms with Crippen LogP contribution in [0.15, 0.2) is 36.4 Å². The molecule has 2 aromatic rings. The molecule has 2 aliphatic rings. The van der Waals surface area contributed by atoms with E-state index in [2.05, 4.69) is 0 Å². The van der Waals surface area contributed by atoms with Gasteiger partial charge in [0.25, 0.3) is 0 Å². The first kappa shape index (κ1) is 28.9. The highest BCUT2D eigenvalue weighted by Gasteiger charge is 2.50. The number of aliphatic hydroxyl groups is 6. The van der Waals surface area contributed by atoms with Gasteiger partial charge in [-0.2, -0.15) is 0 Å². The number of aliphatic hydroxyl groups excluding tert-OH is 6. The maximum absolute atomic E-state index is 12.7. The number of aromatic hydroxyl groups is 3. The molecule has 39 heavy (non-hydrogen) atoms. The molecule has 4 rings (SSSR count). The Morgan fingerprint density at radius 3 is 2.00 bits per heavy atom. The average molecular weight is 555 g/mol.